The number of aryl methyl sites for hydroxylation is 1. The predicted molar refractivity (Wildman–Crippen MR) is 413 cm³/mol. The first kappa shape index (κ1) is 77.9. The molecule has 0 aliphatic heterocycles. The Bertz CT molecular complexity index is 2730. The molecule has 3 nitrogen and oxygen atoms in total. The Morgan fingerprint density at radius 2 is 0.441 bits per heavy atom. The topological polar surface area (TPSA) is 43.4 Å². The van der Waals surface area contributed by atoms with E-state index in [0.29, 0.717) is 4.90 Å². The van der Waals surface area contributed by atoms with Gasteiger partial charge in [0.2, 0.25) is 0 Å². The summed E-state index contributed by atoms with van der Waals surface area (Å²) in [6.45, 7) is 2.27. The van der Waals surface area contributed by atoms with Crippen molar-refractivity contribution in [3.05, 3.63) is 162 Å². The van der Waals surface area contributed by atoms with Gasteiger partial charge in [-0.15, -0.1) is 0 Å². The van der Waals surface area contributed by atoms with E-state index in [9.17, 15) is 0 Å². The van der Waals surface area contributed by atoms with Gasteiger partial charge < -0.3 is 0 Å². The van der Waals surface area contributed by atoms with Crippen LogP contribution in [0.5, 0.6) is 0 Å². The Hall–Kier alpha value is -4.08. The summed E-state index contributed by atoms with van der Waals surface area (Å²) < 4.78 is 42.3. The van der Waals surface area contributed by atoms with Crippen molar-refractivity contribution in [1.29, 1.82) is 0 Å². The van der Waals surface area contributed by atoms with Crippen LogP contribution in [0.1, 0.15) is 346 Å². The maximum absolute atomic E-state index is 17.2. The zero-order valence-corrected chi connectivity index (χ0v) is 61.7. The fraction of sp³-hybridized carbons (Fsp3) is 0.614. The second-order valence-electron chi connectivity index (χ2n) is 28.4. The van der Waals surface area contributed by atoms with E-state index in [-0.39, 0.29) is 0 Å². The van der Waals surface area contributed by atoms with Gasteiger partial charge in [-0.3, -0.25) is 0 Å². The summed E-state index contributed by atoms with van der Waals surface area (Å²) in [5.41, 5.74) is 3.74. The molecular weight excluding hydrogens is 1170 g/mol. The average molecular weight is 1300 g/mol. The van der Waals surface area contributed by atoms with Crippen LogP contribution in [-0.4, -0.2) is 8.42 Å². The molecule has 6 rings (SSSR count). The number of benzene rings is 6. The minimum atomic E-state index is -4.65. The van der Waals surface area contributed by atoms with Crippen molar-refractivity contribution in [2.24, 2.45) is 0 Å². The Morgan fingerprint density at radius 3 is 0.699 bits per heavy atom. The van der Waals surface area contributed by atoms with E-state index < -0.39 is 16.9 Å². The number of fused-ring (bicyclic) bond motifs is 1. The second-order valence-corrected chi connectivity index (χ2v) is 34.4. The molecule has 0 aromatic heterocycles. The summed E-state index contributed by atoms with van der Waals surface area (Å²) >= 11 is 0. The molecule has 0 heterocycles. The van der Waals surface area contributed by atoms with Crippen molar-refractivity contribution < 1.29 is 12.4 Å². The molecule has 0 spiro atoms. The van der Waals surface area contributed by atoms with E-state index in [1.807, 2.05) is 24.3 Å². The van der Waals surface area contributed by atoms with Crippen LogP contribution in [-0.2, 0) is 33.4 Å². The number of unbranched alkanes of at least 4 members (excludes halogenated alkanes) is 45. The van der Waals surface area contributed by atoms with Crippen molar-refractivity contribution in [2.45, 2.75) is 353 Å². The van der Waals surface area contributed by atoms with Gasteiger partial charge >= 0.3 is 363 Å². The SMILES string of the molecule is CCCCCCCCCCCCCCCCCCc1c(CCCCCCCCCCCCCCCCCC)c(S(=O)(=O)OP(c2ccccc2)(c2ccccc2)(c2ccccc2)c2ccccc2)c2ccccc2c1CCCCCCCCCCCCCCCCCC. The van der Waals surface area contributed by atoms with Crippen LogP contribution in [0.3, 0.4) is 0 Å². The fourth-order valence-corrected chi connectivity index (χ4v) is 24.4. The van der Waals surface area contributed by atoms with Crippen LogP contribution in [0.2, 0.25) is 0 Å². The summed E-state index contributed by atoms with van der Waals surface area (Å²) in [6.07, 6.45) is 66.5. The third-order valence-electron chi connectivity index (χ3n) is 20.8. The third-order valence-corrected chi connectivity index (χ3v) is 28.9. The third kappa shape index (κ3) is 26.0. The quantitative estimate of drug-likeness (QED) is 0.0282. The van der Waals surface area contributed by atoms with E-state index in [4.69, 9.17) is 3.97 Å². The molecule has 0 amide bonds. The van der Waals surface area contributed by atoms with E-state index >= 15 is 8.42 Å². The molecule has 0 N–H and O–H groups in total. The first-order valence-corrected chi connectivity index (χ1v) is 43.2. The average Bonchev–Trinajstić information content (AvgIpc) is 0.676. The van der Waals surface area contributed by atoms with E-state index in [1.165, 1.54) is 294 Å². The van der Waals surface area contributed by atoms with Crippen LogP contribution in [0.25, 0.3) is 10.8 Å². The van der Waals surface area contributed by atoms with Gasteiger partial charge in [0, 0.05) is 0 Å². The summed E-state index contributed by atoms with van der Waals surface area (Å²) in [4.78, 5) is 0.411. The molecule has 5 heteroatoms. The summed E-state index contributed by atoms with van der Waals surface area (Å²) in [6, 6.07) is 50.2. The van der Waals surface area contributed by atoms with E-state index in [0.717, 1.165) is 82.5 Å². The van der Waals surface area contributed by atoms with Gasteiger partial charge in [-0.1, -0.05) is 213 Å². The van der Waals surface area contributed by atoms with Gasteiger partial charge in [0.1, 0.15) is 0 Å². The van der Waals surface area contributed by atoms with Gasteiger partial charge in [-0.05, 0) is 0 Å². The maximum atomic E-state index is 17.2. The van der Waals surface area contributed by atoms with Crippen molar-refractivity contribution in [1.82, 2.24) is 0 Å². The van der Waals surface area contributed by atoms with Crippen molar-refractivity contribution in [3.8, 4) is 0 Å². The predicted octanol–water partition coefficient (Wildman–Crippen LogP) is 26.7. The smallest absolute Gasteiger partial charge is 0.0654 e. The molecule has 0 aliphatic rings. The number of hydrogen-bond donors (Lipinski definition) is 0. The molecule has 0 fully saturated rings. The molecule has 516 valence electrons. The summed E-state index contributed by atoms with van der Waals surface area (Å²) in [7, 11) is -4.59. The second kappa shape index (κ2) is 47.8. The minimum Gasteiger partial charge on any atom is -0.0654 e. The van der Waals surface area contributed by atoms with Gasteiger partial charge in [0.25, 0.3) is 0 Å². The van der Waals surface area contributed by atoms with Gasteiger partial charge in [0.05, 0.1) is 0 Å². The first-order chi connectivity index (χ1) is 45.9. The molecule has 0 radical (unpaired) electrons. The molecular formula is C88H135O3PS. The standard InChI is InChI=1S/C88H135O3PS/c1-4-7-10-13-16-19-22-25-28-31-34-37-40-43-46-61-74-83-84(75-62-47-44-41-38-35-32-29-26-23-20-17-14-11-8-5-2)86(77-63-48-45-42-39-36-33-30-27-24-21-18-15-12-9-6-3)88(87-78-65-64-76-85(83)87)93(89,90)91-92(79-66-53-49-54-67-79,80-68-55-50-56-69-80,81-70-57-51-58-71-81)82-72-59-52-60-73-82/h49-60,64-73,76,78H,4-48,61-63,74-75,77H2,1-3H3. The first-order valence-electron chi connectivity index (χ1n) is 39.7. The molecule has 6 aromatic carbocycles. The van der Waals surface area contributed by atoms with Crippen LogP contribution in [0.4, 0.5) is 0 Å². The molecule has 6 aromatic rings. The number of hydrogen-bond acceptors (Lipinski definition) is 3. The van der Waals surface area contributed by atoms with Gasteiger partial charge in [0.15, 0.2) is 0 Å². The molecule has 0 saturated heterocycles. The minimum absolute atomic E-state index is 0.411. The molecule has 0 unspecified atom stereocenters. The van der Waals surface area contributed by atoms with E-state index in [2.05, 4.69) is 142 Å². The van der Waals surface area contributed by atoms with Crippen LogP contribution in [0.15, 0.2) is 150 Å². The van der Waals surface area contributed by atoms with E-state index in [1.54, 1.807) is 0 Å². The van der Waals surface area contributed by atoms with Crippen LogP contribution in [0, 0.1) is 0 Å². The van der Waals surface area contributed by atoms with Crippen molar-refractivity contribution in [2.75, 3.05) is 0 Å². The Kier molecular flexibility index (Phi) is 40.0. The Morgan fingerprint density at radius 1 is 0.237 bits per heavy atom. The fourth-order valence-electron chi connectivity index (χ4n) is 15.4. The van der Waals surface area contributed by atoms with Gasteiger partial charge in [-0.25, -0.2) is 0 Å². The zero-order chi connectivity index (χ0) is 65.5. The monoisotopic (exact) mass is 1300 g/mol. The van der Waals surface area contributed by atoms with Crippen LogP contribution >= 0.6 is 6.83 Å². The molecule has 0 bridgehead atoms. The van der Waals surface area contributed by atoms with Gasteiger partial charge in [-0.2, -0.15) is 0 Å². The molecule has 0 aliphatic carbocycles. The Balaban J connectivity index is 1.30. The normalized spacial score (nSPS) is 12.4. The summed E-state index contributed by atoms with van der Waals surface area (Å²) in [5, 5.41) is 5.40. The molecule has 0 atom stereocenters. The summed E-state index contributed by atoms with van der Waals surface area (Å²) in [5.74, 6) is 0. The number of rotatable bonds is 58. The molecule has 93 heavy (non-hydrogen) atoms. The van der Waals surface area contributed by atoms with Crippen molar-refractivity contribution >= 4 is 48.9 Å². The zero-order valence-electron chi connectivity index (χ0n) is 60.0. The van der Waals surface area contributed by atoms with Crippen LogP contribution < -0.4 is 21.2 Å². The molecule has 0 saturated carbocycles. The van der Waals surface area contributed by atoms with Crippen molar-refractivity contribution in [3.63, 3.8) is 0 Å². The Labute approximate surface area is 573 Å².